The van der Waals surface area contributed by atoms with E-state index in [0.29, 0.717) is 5.92 Å². The smallest absolute Gasteiger partial charge is 0.0948 e. The zero-order valence-electron chi connectivity index (χ0n) is 10.3. The number of hydrogen-bond acceptors (Lipinski definition) is 2. The van der Waals surface area contributed by atoms with E-state index in [4.69, 9.17) is 5.73 Å². The van der Waals surface area contributed by atoms with E-state index < -0.39 is 0 Å². The van der Waals surface area contributed by atoms with Crippen molar-refractivity contribution in [3.63, 3.8) is 0 Å². The molecule has 0 aliphatic heterocycles. The molecule has 1 aromatic heterocycles. The minimum absolute atomic E-state index is 0.0929. The van der Waals surface area contributed by atoms with Crippen molar-refractivity contribution in [3.8, 4) is 0 Å². The van der Waals surface area contributed by atoms with Gasteiger partial charge in [-0.3, -0.25) is 0 Å². The second kappa shape index (κ2) is 4.79. The lowest BCUT2D eigenvalue weighted by molar-refractivity contribution is 0.333. The first kappa shape index (κ1) is 12.2. The summed E-state index contributed by atoms with van der Waals surface area (Å²) in [7, 11) is 0. The van der Waals surface area contributed by atoms with Gasteiger partial charge < -0.3 is 10.3 Å². The van der Waals surface area contributed by atoms with E-state index in [-0.39, 0.29) is 5.54 Å². The third-order valence-electron chi connectivity index (χ3n) is 3.23. The first-order valence-corrected chi connectivity index (χ1v) is 5.81. The highest BCUT2D eigenvalue weighted by molar-refractivity contribution is 5.05. The molecule has 1 aromatic rings. The molecule has 2 N–H and O–H groups in total. The Bertz CT molecular complexity index is 298. The van der Waals surface area contributed by atoms with Gasteiger partial charge in [-0.1, -0.05) is 27.7 Å². The van der Waals surface area contributed by atoms with Crippen LogP contribution in [0.4, 0.5) is 0 Å². The van der Waals surface area contributed by atoms with Crippen molar-refractivity contribution in [2.24, 2.45) is 5.73 Å². The molecule has 0 saturated carbocycles. The fourth-order valence-electron chi connectivity index (χ4n) is 1.76. The SMILES string of the molecule is CCC(N)(CC)Cn1cncc1C(C)C. The predicted molar refractivity (Wildman–Crippen MR) is 63.8 cm³/mol. The molecule has 0 aliphatic rings. The van der Waals surface area contributed by atoms with E-state index >= 15 is 0 Å². The molecule has 0 aliphatic carbocycles. The molecule has 1 rings (SSSR count). The standard InChI is InChI=1S/C12H23N3/c1-5-12(13,6-2)8-15-9-14-7-11(15)10(3)4/h7,9-10H,5-6,8,13H2,1-4H3. The van der Waals surface area contributed by atoms with Crippen LogP contribution < -0.4 is 5.73 Å². The number of nitrogens with zero attached hydrogens (tertiary/aromatic N) is 2. The van der Waals surface area contributed by atoms with Gasteiger partial charge in [0.1, 0.15) is 0 Å². The number of aromatic nitrogens is 2. The van der Waals surface area contributed by atoms with Gasteiger partial charge in [-0.2, -0.15) is 0 Å². The molecule has 0 amide bonds. The highest BCUT2D eigenvalue weighted by Gasteiger charge is 2.22. The first-order chi connectivity index (χ1) is 7.02. The van der Waals surface area contributed by atoms with Gasteiger partial charge in [-0.15, -0.1) is 0 Å². The minimum atomic E-state index is -0.0929. The maximum absolute atomic E-state index is 6.31. The Morgan fingerprint density at radius 3 is 2.47 bits per heavy atom. The Morgan fingerprint density at radius 2 is 2.00 bits per heavy atom. The average molecular weight is 209 g/mol. The molecule has 0 bridgehead atoms. The quantitative estimate of drug-likeness (QED) is 0.809. The first-order valence-electron chi connectivity index (χ1n) is 5.81. The molecule has 0 aromatic carbocycles. The molecular formula is C12H23N3. The monoisotopic (exact) mass is 209 g/mol. The van der Waals surface area contributed by atoms with Crippen LogP contribution in [0.3, 0.4) is 0 Å². The van der Waals surface area contributed by atoms with Crippen molar-refractivity contribution in [3.05, 3.63) is 18.2 Å². The van der Waals surface area contributed by atoms with Crippen molar-refractivity contribution in [1.82, 2.24) is 9.55 Å². The van der Waals surface area contributed by atoms with Crippen LogP contribution in [0.25, 0.3) is 0 Å². The molecule has 0 fully saturated rings. The van der Waals surface area contributed by atoms with Crippen molar-refractivity contribution >= 4 is 0 Å². The average Bonchev–Trinajstić information content (AvgIpc) is 2.65. The number of rotatable bonds is 5. The predicted octanol–water partition coefficient (Wildman–Crippen LogP) is 2.52. The van der Waals surface area contributed by atoms with Gasteiger partial charge in [0.05, 0.1) is 6.33 Å². The van der Waals surface area contributed by atoms with Crippen molar-refractivity contribution in [2.45, 2.75) is 58.5 Å². The summed E-state index contributed by atoms with van der Waals surface area (Å²) in [5, 5.41) is 0. The lowest BCUT2D eigenvalue weighted by Crippen LogP contribution is -2.42. The van der Waals surface area contributed by atoms with Gasteiger partial charge in [-0.05, 0) is 18.8 Å². The van der Waals surface area contributed by atoms with Gasteiger partial charge in [0, 0.05) is 24.0 Å². The van der Waals surface area contributed by atoms with Gasteiger partial charge in [-0.25, -0.2) is 4.98 Å². The van der Waals surface area contributed by atoms with Crippen molar-refractivity contribution < 1.29 is 0 Å². The van der Waals surface area contributed by atoms with E-state index in [2.05, 4.69) is 37.2 Å². The van der Waals surface area contributed by atoms with Crippen LogP contribution >= 0.6 is 0 Å². The maximum atomic E-state index is 6.31. The van der Waals surface area contributed by atoms with E-state index in [1.54, 1.807) is 0 Å². The summed E-state index contributed by atoms with van der Waals surface area (Å²) in [6.45, 7) is 9.53. The molecular weight excluding hydrogens is 186 g/mol. The largest absolute Gasteiger partial charge is 0.333 e. The van der Waals surface area contributed by atoms with Crippen LogP contribution in [-0.4, -0.2) is 15.1 Å². The lowest BCUT2D eigenvalue weighted by Gasteiger charge is -2.28. The van der Waals surface area contributed by atoms with Crippen LogP contribution in [0.1, 0.15) is 52.1 Å². The molecule has 0 saturated heterocycles. The second-order valence-corrected chi connectivity index (χ2v) is 4.67. The third kappa shape index (κ3) is 2.81. The Hall–Kier alpha value is -0.830. The molecule has 15 heavy (non-hydrogen) atoms. The highest BCUT2D eigenvalue weighted by atomic mass is 15.1. The van der Waals surface area contributed by atoms with E-state index in [1.807, 2.05) is 12.5 Å². The molecule has 1 heterocycles. The summed E-state index contributed by atoms with van der Waals surface area (Å²) < 4.78 is 2.19. The topological polar surface area (TPSA) is 43.8 Å². The molecule has 3 heteroatoms. The summed E-state index contributed by atoms with van der Waals surface area (Å²) in [4.78, 5) is 4.20. The number of nitrogens with two attached hydrogens (primary N) is 1. The second-order valence-electron chi connectivity index (χ2n) is 4.67. The Labute approximate surface area is 92.7 Å². The third-order valence-corrected chi connectivity index (χ3v) is 3.23. The lowest BCUT2D eigenvalue weighted by atomic mass is 9.94. The fourth-order valence-corrected chi connectivity index (χ4v) is 1.76. The molecule has 3 nitrogen and oxygen atoms in total. The summed E-state index contributed by atoms with van der Waals surface area (Å²) in [6.07, 6.45) is 5.83. The van der Waals surface area contributed by atoms with Crippen LogP contribution in [0, 0.1) is 0 Å². The van der Waals surface area contributed by atoms with E-state index in [0.717, 1.165) is 19.4 Å². The maximum Gasteiger partial charge on any atom is 0.0948 e. The van der Waals surface area contributed by atoms with Gasteiger partial charge >= 0.3 is 0 Å². The highest BCUT2D eigenvalue weighted by Crippen LogP contribution is 2.19. The zero-order valence-corrected chi connectivity index (χ0v) is 10.3. The molecule has 0 radical (unpaired) electrons. The van der Waals surface area contributed by atoms with Gasteiger partial charge in [0.25, 0.3) is 0 Å². The van der Waals surface area contributed by atoms with Crippen molar-refractivity contribution in [1.29, 1.82) is 0 Å². The Morgan fingerprint density at radius 1 is 1.40 bits per heavy atom. The summed E-state index contributed by atoms with van der Waals surface area (Å²) >= 11 is 0. The molecule has 0 unspecified atom stereocenters. The minimum Gasteiger partial charge on any atom is -0.333 e. The van der Waals surface area contributed by atoms with Crippen LogP contribution in [0.5, 0.6) is 0 Å². The zero-order chi connectivity index (χ0) is 11.5. The van der Waals surface area contributed by atoms with E-state index in [1.165, 1.54) is 5.69 Å². The van der Waals surface area contributed by atoms with Crippen LogP contribution in [0.2, 0.25) is 0 Å². The summed E-state index contributed by atoms with van der Waals surface area (Å²) in [5.41, 5.74) is 7.49. The Kier molecular flexibility index (Phi) is 3.91. The molecule has 0 spiro atoms. The Balaban J connectivity index is 2.84. The van der Waals surface area contributed by atoms with Crippen LogP contribution in [0.15, 0.2) is 12.5 Å². The van der Waals surface area contributed by atoms with E-state index in [9.17, 15) is 0 Å². The van der Waals surface area contributed by atoms with Crippen LogP contribution in [-0.2, 0) is 6.54 Å². The fraction of sp³-hybridized carbons (Fsp3) is 0.750. The number of imidazole rings is 1. The summed E-state index contributed by atoms with van der Waals surface area (Å²) in [6, 6.07) is 0. The van der Waals surface area contributed by atoms with Gasteiger partial charge in [0.2, 0.25) is 0 Å². The summed E-state index contributed by atoms with van der Waals surface area (Å²) in [5.74, 6) is 0.505. The molecule has 86 valence electrons. The number of hydrogen-bond donors (Lipinski definition) is 1. The normalized spacial score (nSPS) is 12.4. The van der Waals surface area contributed by atoms with Crippen molar-refractivity contribution in [2.75, 3.05) is 0 Å². The molecule has 0 atom stereocenters. The van der Waals surface area contributed by atoms with Gasteiger partial charge in [0.15, 0.2) is 0 Å².